The molecule has 1 aliphatic carbocycles. The minimum atomic E-state index is 0.0207. The third-order valence-electron chi connectivity index (χ3n) is 4.26. The summed E-state index contributed by atoms with van der Waals surface area (Å²) in [5.41, 5.74) is 0.769. The first-order valence-electron chi connectivity index (χ1n) is 8.72. The highest BCUT2D eigenvalue weighted by molar-refractivity contribution is 7.99. The summed E-state index contributed by atoms with van der Waals surface area (Å²) in [7, 11) is 0. The molecule has 3 rings (SSSR count). The van der Waals surface area contributed by atoms with Crippen molar-refractivity contribution in [2.24, 2.45) is 0 Å². The zero-order valence-corrected chi connectivity index (χ0v) is 15.2. The maximum atomic E-state index is 12.6. The Morgan fingerprint density at radius 2 is 1.88 bits per heavy atom. The van der Waals surface area contributed by atoms with Gasteiger partial charge in [-0.15, -0.1) is 11.8 Å². The molecule has 5 nitrogen and oxygen atoms in total. The molecule has 1 aliphatic rings. The van der Waals surface area contributed by atoms with Crippen molar-refractivity contribution in [1.82, 2.24) is 15.3 Å². The van der Waals surface area contributed by atoms with Crippen molar-refractivity contribution in [3.63, 3.8) is 0 Å². The second-order valence-corrected chi connectivity index (χ2v) is 7.33. The highest BCUT2D eigenvalue weighted by atomic mass is 32.2. The molecule has 1 saturated carbocycles. The molecule has 6 heteroatoms. The molecule has 25 heavy (non-hydrogen) atoms. The number of hydrogen-bond donors (Lipinski definition) is 1. The van der Waals surface area contributed by atoms with Gasteiger partial charge in [0, 0.05) is 23.3 Å². The van der Waals surface area contributed by atoms with Crippen molar-refractivity contribution in [3.05, 3.63) is 48.3 Å². The van der Waals surface area contributed by atoms with Crippen LogP contribution in [0.1, 0.15) is 43.0 Å². The van der Waals surface area contributed by atoms with Crippen molar-refractivity contribution in [1.29, 1.82) is 0 Å². The number of carbonyl (C=O) groups excluding carboxylic acids is 1. The number of ether oxygens (including phenoxy) is 1. The number of benzene rings is 1. The average Bonchev–Trinajstić information content (AvgIpc) is 2.65. The fraction of sp³-hybridized carbons (Fsp3) is 0.421. The molecule has 0 saturated heterocycles. The number of aromatic nitrogens is 2. The quantitative estimate of drug-likeness (QED) is 0.799. The fourth-order valence-corrected chi connectivity index (χ4v) is 3.82. The summed E-state index contributed by atoms with van der Waals surface area (Å²) in [4.78, 5) is 21.9. The number of nitrogens with zero attached hydrogens (tertiary/aromatic N) is 2. The van der Waals surface area contributed by atoms with Gasteiger partial charge in [-0.2, -0.15) is 0 Å². The predicted octanol–water partition coefficient (Wildman–Crippen LogP) is 3.71. The molecule has 1 fully saturated rings. The van der Waals surface area contributed by atoms with Gasteiger partial charge >= 0.3 is 6.01 Å². The summed E-state index contributed by atoms with van der Waals surface area (Å²) in [6.07, 6.45) is 7.10. The van der Waals surface area contributed by atoms with Crippen LogP contribution in [0.2, 0.25) is 0 Å². The molecular weight excluding hydrogens is 334 g/mol. The molecule has 1 aromatic heterocycles. The molecule has 0 radical (unpaired) electrons. The summed E-state index contributed by atoms with van der Waals surface area (Å²) < 4.78 is 5.81. The monoisotopic (exact) mass is 357 g/mol. The van der Waals surface area contributed by atoms with Gasteiger partial charge in [-0.25, -0.2) is 9.97 Å². The van der Waals surface area contributed by atoms with Crippen LogP contribution in [0.25, 0.3) is 0 Å². The van der Waals surface area contributed by atoms with Gasteiger partial charge in [-0.05, 0) is 49.6 Å². The first-order chi connectivity index (χ1) is 12.3. The van der Waals surface area contributed by atoms with Gasteiger partial charge in [0.05, 0.1) is 5.56 Å². The van der Waals surface area contributed by atoms with Gasteiger partial charge in [0.2, 0.25) is 0 Å². The number of hydrogen-bond acceptors (Lipinski definition) is 5. The molecule has 1 heterocycles. The second kappa shape index (κ2) is 8.85. The number of carbonyl (C=O) groups is 1. The molecule has 0 aliphatic heterocycles. The van der Waals surface area contributed by atoms with Crippen LogP contribution in [0.4, 0.5) is 0 Å². The Morgan fingerprint density at radius 3 is 2.60 bits per heavy atom. The van der Waals surface area contributed by atoms with Gasteiger partial charge in [0.1, 0.15) is 6.10 Å². The molecule has 0 bridgehead atoms. The third kappa shape index (κ3) is 4.95. The minimum Gasteiger partial charge on any atom is -0.460 e. The number of amides is 1. The van der Waals surface area contributed by atoms with Crippen LogP contribution in [-0.2, 0) is 0 Å². The Bertz CT molecular complexity index is 688. The number of thioether (sulfide) groups is 1. The first-order valence-corrected chi connectivity index (χ1v) is 9.71. The first kappa shape index (κ1) is 17.7. The maximum Gasteiger partial charge on any atom is 0.316 e. The summed E-state index contributed by atoms with van der Waals surface area (Å²) in [5.74, 6) is 0.973. The smallest absolute Gasteiger partial charge is 0.316 e. The SMILES string of the molecule is CCSc1ccccc1C(=O)NC1CCC(Oc2ncccn2)CC1. The molecule has 2 aromatic rings. The van der Waals surface area contributed by atoms with Gasteiger partial charge in [0.25, 0.3) is 5.91 Å². The van der Waals surface area contributed by atoms with Crippen molar-refractivity contribution in [2.75, 3.05) is 5.75 Å². The zero-order valence-electron chi connectivity index (χ0n) is 14.4. The van der Waals surface area contributed by atoms with E-state index in [1.807, 2.05) is 24.3 Å². The number of rotatable bonds is 6. The second-order valence-electron chi connectivity index (χ2n) is 6.03. The summed E-state index contributed by atoms with van der Waals surface area (Å²) >= 11 is 1.70. The Balaban J connectivity index is 1.51. The molecule has 0 spiro atoms. The van der Waals surface area contributed by atoms with E-state index >= 15 is 0 Å². The highest BCUT2D eigenvalue weighted by Gasteiger charge is 2.25. The predicted molar refractivity (Wildman–Crippen MR) is 99.0 cm³/mol. The van der Waals surface area contributed by atoms with Crippen molar-refractivity contribution < 1.29 is 9.53 Å². The van der Waals surface area contributed by atoms with E-state index in [4.69, 9.17) is 4.74 Å². The van der Waals surface area contributed by atoms with E-state index in [1.165, 1.54) is 0 Å². The van der Waals surface area contributed by atoms with E-state index in [-0.39, 0.29) is 18.1 Å². The lowest BCUT2D eigenvalue weighted by molar-refractivity contribution is 0.0882. The largest absolute Gasteiger partial charge is 0.460 e. The summed E-state index contributed by atoms with van der Waals surface area (Å²) in [6.45, 7) is 2.09. The third-order valence-corrected chi connectivity index (χ3v) is 5.21. The number of nitrogens with one attached hydrogen (secondary N) is 1. The molecular formula is C19H23N3O2S. The van der Waals surface area contributed by atoms with Crippen molar-refractivity contribution in [3.8, 4) is 6.01 Å². The van der Waals surface area contributed by atoms with Crippen LogP contribution in [0, 0.1) is 0 Å². The fourth-order valence-electron chi connectivity index (χ4n) is 3.02. The van der Waals surface area contributed by atoms with Gasteiger partial charge in [-0.3, -0.25) is 4.79 Å². The summed E-state index contributed by atoms with van der Waals surface area (Å²) in [6, 6.07) is 10.2. The molecule has 1 amide bonds. The molecule has 0 unspecified atom stereocenters. The van der Waals surface area contributed by atoms with Crippen LogP contribution in [0.15, 0.2) is 47.6 Å². The van der Waals surface area contributed by atoms with E-state index in [2.05, 4.69) is 22.2 Å². The molecule has 1 aromatic carbocycles. The normalized spacial score (nSPS) is 20.0. The average molecular weight is 357 g/mol. The van der Waals surface area contributed by atoms with E-state index in [0.717, 1.165) is 41.9 Å². The lowest BCUT2D eigenvalue weighted by Gasteiger charge is -2.29. The summed E-state index contributed by atoms with van der Waals surface area (Å²) in [5, 5.41) is 3.18. The van der Waals surface area contributed by atoms with E-state index in [9.17, 15) is 4.79 Å². The van der Waals surface area contributed by atoms with E-state index in [1.54, 1.807) is 30.2 Å². The van der Waals surface area contributed by atoms with Crippen LogP contribution in [-0.4, -0.2) is 33.8 Å². The Labute approximate surface area is 152 Å². The maximum absolute atomic E-state index is 12.6. The lowest BCUT2D eigenvalue weighted by Crippen LogP contribution is -2.40. The van der Waals surface area contributed by atoms with Crippen LogP contribution < -0.4 is 10.1 Å². The lowest BCUT2D eigenvalue weighted by atomic mass is 9.92. The molecule has 1 N–H and O–H groups in total. The van der Waals surface area contributed by atoms with Crippen molar-refractivity contribution in [2.45, 2.75) is 49.6 Å². The van der Waals surface area contributed by atoms with Gasteiger partial charge < -0.3 is 10.1 Å². The van der Waals surface area contributed by atoms with E-state index < -0.39 is 0 Å². The standard InChI is InChI=1S/C19H23N3O2S/c1-2-25-17-7-4-3-6-16(17)18(23)22-14-8-10-15(11-9-14)24-19-20-12-5-13-21-19/h3-7,12-15H,2,8-11H2,1H3,(H,22,23). The Kier molecular flexibility index (Phi) is 6.28. The van der Waals surface area contributed by atoms with Crippen molar-refractivity contribution >= 4 is 17.7 Å². The van der Waals surface area contributed by atoms with Gasteiger partial charge in [0.15, 0.2) is 0 Å². The minimum absolute atomic E-state index is 0.0207. The van der Waals surface area contributed by atoms with Crippen LogP contribution in [0.5, 0.6) is 6.01 Å². The zero-order chi connectivity index (χ0) is 17.5. The van der Waals surface area contributed by atoms with Crippen LogP contribution in [0.3, 0.4) is 0 Å². The van der Waals surface area contributed by atoms with E-state index in [0.29, 0.717) is 6.01 Å². The Hall–Kier alpha value is -2.08. The van der Waals surface area contributed by atoms with Crippen LogP contribution >= 0.6 is 11.8 Å². The molecule has 0 atom stereocenters. The topological polar surface area (TPSA) is 64.1 Å². The molecule has 132 valence electrons. The Morgan fingerprint density at radius 1 is 1.16 bits per heavy atom. The highest BCUT2D eigenvalue weighted by Crippen LogP contribution is 2.25. The van der Waals surface area contributed by atoms with Gasteiger partial charge in [-0.1, -0.05) is 19.1 Å².